The third-order valence-corrected chi connectivity index (χ3v) is 2.29. The normalized spacial score (nSPS) is 10.7. The van der Waals surface area contributed by atoms with Gasteiger partial charge < -0.3 is 0 Å². The molecular formula is C12H21N. The van der Waals surface area contributed by atoms with E-state index in [0.29, 0.717) is 11.8 Å². The molecule has 0 heterocycles. The van der Waals surface area contributed by atoms with Crippen LogP contribution in [-0.2, 0) is 0 Å². The van der Waals surface area contributed by atoms with Gasteiger partial charge in [-0.05, 0) is 38.5 Å². The Kier molecular flexibility index (Phi) is 5.46. The summed E-state index contributed by atoms with van der Waals surface area (Å²) in [6.07, 6.45) is 6.29. The van der Waals surface area contributed by atoms with Crippen LogP contribution in [0.1, 0.15) is 53.4 Å². The predicted molar refractivity (Wildman–Crippen MR) is 57.3 cm³/mol. The molecule has 74 valence electrons. The van der Waals surface area contributed by atoms with E-state index >= 15 is 0 Å². The fraction of sp³-hybridized carbons (Fsp3) is 0.750. The van der Waals surface area contributed by atoms with Gasteiger partial charge in [0.2, 0.25) is 0 Å². The summed E-state index contributed by atoms with van der Waals surface area (Å²) in [5.41, 5.74) is 1.71. The molecule has 0 radical (unpaired) electrons. The molecule has 13 heavy (non-hydrogen) atoms. The first kappa shape index (κ1) is 12.2. The number of nitrogens with zero attached hydrogens (tertiary/aromatic N) is 1. The Morgan fingerprint density at radius 1 is 1.31 bits per heavy atom. The molecule has 0 aliphatic carbocycles. The van der Waals surface area contributed by atoms with Crippen LogP contribution in [0.5, 0.6) is 0 Å². The molecular weight excluding hydrogens is 158 g/mol. The molecule has 0 saturated carbocycles. The second-order valence-electron chi connectivity index (χ2n) is 4.64. The Morgan fingerprint density at radius 2 is 1.92 bits per heavy atom. The zero-order valence-corrected chi connectivity index (χ0v) is 9.35. The molecule has 0 aromatic heterocycles. The molecule has 0 saturated heterocycles. The number of rotatable bonds is 5. The van der Waals surface area contributed by atoms with Crippen LogP contribution in [0.4, 0.5) is 0 Å². The van der Waals surface area contributed by atoms with Gasteiger partial charge in [-0.1, -0.05) is 25.5 Å². The van der Waals surface area contributed by atoms with Gasteiger partial charge in [0, 0.05) is 6.42 Å². The van der Waals surface area contributed by atoms with Gasteiger partial charge in [0.05, 0.1) is 6.07 Å². The molecule has 0 aromatic rings. The predicted octanol–water partition coefficient (Wildman–Crippen LogP) is 4.06. The summed E-state index contributed by atoms with van der Waals surface area (Å²) in [5.74, 6) is 0. The molecule has 0 aliphatic rings. The highest BCUT2D eigenvalue weighted by atomic mass is 14.3. The Labute approximate surface area is 82.5 Å². The third kappa shape index (κ3) is 7.59. The maximum Gasteiger partial charge on any atom is 0.0621 e. The number of nitriles is 1. The summed E-state index contributed by atoms with van der Waals surface area (Å²) >= 11 is 0. The average Bonchev–Trinajstić information content (AvgIpc) is 2.00. The first-order chi connectivity index (χ1) is 5.98. The fourth-order valence-corrected chi connectivity index (χ4v) is 1.27. The minimum atomic E-state index is 0.321. The van der Waals surface area contributed by atoms with Gasteiger partial charge in [-0.15, -0.1) is 0 Å². The van der Waals surface area contributed by atoms with Gasteiger partial charge >= 0.3 is 0 Å². The van der Waals surface area contributed by atoms with Gasteiger partial charge in [0.25, 0.3) is 0 Å². The maximum absolute atomic E-state index is 8.48. The second-order valence-corrected chi connectivity index (χ2v) is 4.64. The third-order valence-electron chi connectivity index (χ3n) is 2.29. The average molecular weight is 179 g/mol. The molecule has 1 nitrogen and oxygen atoms in total. The van der Waals surface area contributed by atoms with Crippen molar-refractivity contribution >= 4 is 0 Å². The molecule has 0 aliphatic heterocycles. The topological polar surface area (TPSA) is 23.8 Å². The summed E-state index contributed by atoms with van der Waals surface area (Å²) in [5, 5.41) is 8.48. The van der Waals surface area contributed by atoms with Crippen molar-refractivity contribution in [3.05, 3.63) is 11.6 Å². The van der Waals surface area contributed by atoms with Crippen molar-refractivity contribution in [3.63, 3.8) is 0 Å². The van der Waals surface area contributed by atoms with E-state index in [1.165, 1.54) is 12.0 Å². The van der Waals surface area contributed by atoms with Crippen LogP contribution in [0.25, 0.3) is 0 Å². The maximum atomic E-state index is 8.48. The molecule has 0 N–H and O–H groups in total. The summed E-state index contributed by atoms with van der Waals surface area (Å²) in [7, 11) is 0. The standard InChI is InChI=1S/C12H21N/c1-11(2)7-5-8-12(3,4)9-6-10-13/h7H,5-6,8-9H2,1-4H3. The fourth-order valence-electron chi connectivity index (χ4n) is 1.27. The highest BCUT2D eigenvalue weighted by Gasteiger charge is 2.15. The van der Waals surface area contributed by atoms with Crippen LogP contribution in [0.3, 0.4) is 0 Å². The minimum Gasteiger partial charge on any atom is -0.198 e. The van der Waals surface area contributed by atoms with E-state index in [2.05, 4.69) is 39.8 Å². The lowest BCUT2D eigenvalue weighted by Gasteiger charge is -2.22. The SMILES string of the molecule is CC(C)=CCCC(C)(C)CCC#N. The van der Waals surface area contributed by atoms with Gasteiger partial charge in [0.15, 0.2) is 0 Å². The van der Waals surface area contributed by atoms with Crippen LogP contribution in [-0.4, -0.2) is 0 Å². The van der Waals surface area contributed by atoms with Gasteiger partial charge in [-0.2, -0.15) is 5.26 Å². The van der Waals surface area contributed by atoms with E-state index in [1.807, 2.05) is 0 Å². The van der Waals surface area contributed by atoms with E-state index in [4.69, 9.17) is 5.26 Å². The number of hydrogen-bond acceptors (Lipinski definition) is 1. The first-order valence-electron chi connectivity index (χ1n) is 4.98. The van der Waals surface area contributed by atoms with Crippen molar-refractivity contribution in [1.29, 1.82) is 5.26 Å². The van der Waals surface area contributed by atoms with Crippen LogP contribution in [0.15, 0.2) is 11.6 Å². The molecule has 0 unspecified atom stereocenters. The van der Waals surface area contributed by atoms with E-state index in [9.17, 15) is 0 Å². The smallest absolute Gasteiger partial charge is 0.0621 e. The Bertz CT molecular complexity index is 202. The van der Waals surface area contributed by atoms with Gasteiger partial charge in [-0.25, -0.2) is 0 Å². The molecule has 1 heteroatoms. The zero-order valence-electron chi connectivity index (χ0n) is 9.35. The monoisotopic (exact) mass is 179 g/mol. The van der Waals surface area contributed by atoms with Crippen molar-refractivity contribution in [1.82, 2.24) is 0 Å². The second kappa shape index (κ2) is 5.80. The minimum absolute atomic E-state index is 0.321. The molecule has 0 rings (SSSR count). The summed E-state index contributed by atoms with van der Waals surface area (Å²) in [6, 6.07) is 2.21. The zero-order chi connectivity index (χ0) is 10.3. The molecule has 0 fully saturated rings. The number of allylic oxidation sites excluding steroid dienone is 2. The number of hydrogen-bond donors (Lipinski definition) is 0. The van der Waals surface area contributed by atoms with Crippen LogP contribution < -0.4 is 0 Å². The van der Waals surface area contributed by atoms with Crippen molar-refractivity contribution in [2.24, 2.45) is 5.41 Å². The molecule has 0 bridgehead atoms. The van der Waals surface area contributed by atoms with Crippen LogP contribution in [0.2, 0.25) is 0 Å². The Balaban J connectivity index is 3.76. The molecule has 0 atom stereocenters. The largest absolute Gasteiger partial charge is 0.198 e. The van der Waals surface area contributed by atoms with E-state index < -0.39 is 0 Å². The van der Waals surface area contributed by atoms with Crippen molar-refractivity contribution in [2.45, 2.75) is 53.4 Å². The van der Waals surface area contributed by atoms with Crippen molar-refractivity contribution in [3.8, 4) is 6.07 Å². The summed E-state index contributed by atoms with van der Waals surface area (Å²) in [6.45, 7) is 8.73. The summed E-state index contributed by atoms with van der Waals surface area (Å²) in [4.78, 5) is 0. The first-order valence-corrected chi connectivity index (χ1v) is 4.98. The van der Waals surface area contributed by atoms with Crippen molar-refractivity contribution < 1.29 is 0 Å². The molecule has 0 amide bonds. The van der Waals surface area contributed by atoms with E-state index in [0.717, 1.165) is 12.8 Å². The Morgan fingerprint density at radius 3 is 2.38 bits per heavy atom. The lowest BCUT2D eigenvalue weighted by molar-refractivity contribution is 0.314. The van der Waals surface area contributed by atoms with Gasteiger partial charge in [0.1, 0.15) is 0 Å². The van der Waals surface area contributed by atoms with E-state index in [-0.39, 0.29) is 0 Å². The highest BCUT2D eigenvalue weighted by Crippen LogP contribution is 2.28. The lowest BCUT2D eigenvalue weighted by atomic mass is 9.83. The van der Waals surface area contributed by atoms with Gasteiger partial charge in [-0.3, -0.25) is 0 Å². The van der Waals surface area contributed by atoms with Crippen LogP contribution in [0, 0.1) is 16.7 Å². The quantitative estimate of drug-likeness (QED) is 0.584. The Hall–Kier alpha value is -0.770. The lowest BCUT2D eigenvalue weighted by Crippen LogP contribution is -2.10. The van der Waals surface area contributed by atoms with Crippen LogP contribution >= 0.6 is 0 Å². The van der Waals surface area contributed by atoms with E-state index in [1.54, 1.807) is 0 Å². The molecule has 0 aromatic carbocycles. The molecule has 0 spiro atoms. The highest BCUT2D eigenvalue weighted by molar-refractivity contribution is 4.93. The van der Waals surface area contributed by atoms with Crippen molar-refractivity contribution in [2.75, 3.05) is 0 Å². The summed E-state index contributed by atoms with van der Waals surface area (Å²) < 4.78 is 0.